The first kappa shape index (κ1) is 22.1. The Morgan fingerprint density at radius 1 is 1.00 bits per heavy atom. The average Bonchev–Trinajstić information content (AvgIpc) is 3.28. The highest BCUT2D eigenvalue weighted by molar-refractivity contribution is 5.94. The fourth-order valence-corrected chi connectivity index (χ4v) is 4.01. The van der Waals surface area contributed by atoms with Gasteiger partial charge in [0.15, 0.2) is 0 Å². The third-order valence-electron chi connectivity index (χ3n) is 5.37. The summed E-state index contributed by atoms with van der Waals surface area (Å²) in [6, 6.07) is -2.99. The molecular formula is C19H32N4O5. The second-order valence-corrected chi connectivity index (χ2v) is 8.20. The molecule has 2 aliphatic heterocycles. The molecular weight excluding hydrogens is 364 g/mol. The molecule has 158 valence electrons. The van der Waals surface area contributed by atoms with Crippen molar-refractivity contribution in [1.82, 2.24) is 15.1 Å². The van der Waals surface area contributed by atoms with Crippen molar-refractivity contribution < 1.29 is 24.3 Å². The molecule has 0 radical (unpaired) electrons. The van der Waals surface area contributed by atoms with E-state index in [4.69, 9.17) is 5.73 Å². The maximum atomic E-state index is 13.0. The monoisotopic (exact) mass is 396 g/mol. The first-order chi connectivity index (χ1) is 13.1. The summed E-state index contributed by atoms with van der Waals surface area (Å²) in [6.07, 6.45) is 2.68. The lowest BCUT2D eigenvalue weighted by Crippen LogP contribution is -2.56. The number of carbonyl (C=O) groups excluding carboxylic acids is 3. The van der Waals surface area contributed by atoms with E-state index in [-0.39, 0.29) is 23.6 Å². The number of hydrogen-bond acceptors (Lipinski definition) is 5. The highest BCUT2D eigenvalue weighted by Crippen LogP contribution is 2.22. The molecule has 0 aromatic heterocycles. The van der Waals surface area contributed by atoms with Crippen LogP contribution in [0.3, 0.4) is 0 Å². The normalized spacial score (nSPS) is 24.3. The molecule has 2 heterocycles. The molecule has 0 aromatic carbocycles. The number of carboxylic acid groups (broad SMARTS) is 1. The fraction of sp³-hybridized carbons (Fsp3) is 0.789. The molecule has 0 spiro atoms. The van der Waals surface area contributed by atoms with Crippen molar-refractivity contribution in [2.45, 2.75) is 77.0 Å². The van der Waals surface area contributed by atoms with Crippen LogP contribution in [0.1, 0.15) is 52.9 Å². The predicted octanol–water partition coefficient (Wildman–Crippen LogP) is -0.0689. The number of likely N-dealkylation sites (tertiary alicyclic amines) is 2. The van der Waals surface area contributed by atoms with Crippen LogP contribution in [0.2, 0.25) is 0 Å². The lowest BCUT2D eigenvalue weighted by Gasteiger charge is -2.31. The van der Waals surface area contributed by atoms with E-state index in [1.54, 1.807) is 6.92 Å². The molecule has 0 saturated carbocycles. The van der Waals surface area contributed by atoms with Gasteiger partial charge in [-0.05, 0) is 44.9 Å². The number of nitrogens with one attached hydrogen (secondary N) is 1. The van der Waals surface area contributed by atoms with Gasteiger partial charge >= 0.3 is 5.97 Å². The molecule has 28 heavy (non-hydrogen) atoms. The number of aliphatic carboxylic acids is 1. The largest absolute Gasteiger partial charge is 0.480 e. The van der Waals surface area contributed by atoms with Crippen molar-refractivity contribution in [3.05, 3.63) is 0 Å². The number of carbonyl (C=O) groups is 4. The lowest BCUT2D eigenvalue weighted by atomic mass is 10.0. The molecule has 9 nitrogen and oxygen atoms in total. The summed E-state index contributed by atoms with van der Waals surface area (Å²) in [4.78, 5) is 52.4. The van der Waals surface area contributed by atoms with Crippen molar-refractivity contribution in [2.75, 3.05) is 13.1 Å². The molecule has 2 aliphatic rings. The summed E-state index contributed by atoms with van der Waals surface area (Å²) in [7, 11) is 0. The Balaban J connectivity index is 2.13. The van der Waals surface area contributed by atoms with Crippen LogP contribution in [-0.2, 0) is 19.2 Å². The lowest BCUT2D eigenvalue weighted by molar-refractivity contribution is -0.150. The van der Waals surface area contributed by atoms with Gasteiger partial charge in [-0.3, -0.25) is 14.4 Å². The summed E-state index contributed by atoms with van der Waals surface area (Å²) < 4.78 is 0. The number of rotatable bonds is 7. The smallest absolute Gasteiger partial charge is 0.326 e. The first-order valence-electron chi connectivity index (χ1n) is 10.0. The van der Waals surface area contributed by atoms with Gasteiger partial charge in [-0.2, -0.15) is 0 Å². The van der Waals surface area contributed by atoms with Crippen LogP contribution < -0.4 is 11.1 Å². The zero-order valence-corrected chi connectivity index (χ0v) is 16.9. The molecule has 2 fully saturated rings. The van der Waals surface area contributed by atoms with Crippen LogP contribution in [0.15, 0.2) is 0 Å². The van der Waals surface area contributed by atoms with E-state index in [1.807, 2.05) is 13.8 Å². The summed E-state index contributed by atoms with van der Waals surface area (Å²) in [6.45, 7) is 6.30. The van der Waals surface area contributed by atoms with Crippen LogP contribution in [0.5, 0.6) is 0 Å². The first-order valence-corrected chi connectivity index (χ1v) is 10.0. The van der Waals surface area contributed by atoms with Crippen molar-refractivity contribution in [3.8, 4) is 0 Å². The molecule has 0 aromatic rings. The third-order valence-corrected chi connectivity index (χ3v) is 5.37. The number of nitrogens with zero attached hydrogens (tertiary/aromatic N) is 2. The minimum atomic E-state index is -1.02. The van der Waals surface area contributed by atoms with Crippen LogP contribution in [0.25, 0.3) is 0 Å². The Hall–Kier alpha value is -2.16. The maximum Gasteiger partial charge on any atom is 0.326 e. The molecule has 2 rings (SSSR count). The molecule has 4 N–H and O–H groups in total. The Labute approximate surface area is 165 Å². The van der Waals surface area contributed by atoms with E-state index in [2.05, 4.69) is 5.32 Å². The van der Waals surface area contributed by atoms with Crippen LogP contribution in [0.4, 0.5) is 0 Å². The van der Waals surface area contributed by atoms with E-state index in [9.17, 15) is 24.3 Å². The summed E-state index contributed by atoms with van der Waals surface area (Å²) in [5.74, 6) is -1.92. The van der Waals surface area contributed by atoms with Crippen molar-refractivity contribution in [1.29, 1.82) is 0 Å². The van der Waals surface area contributed by atoms with Gasteiger partial charge < -0.3 is 26.0 Å². The maximum absolute atomic E-state index is 13.0. The predicted molar refractivity (Wildman–Crippen MR) is 102 cm³/mol. The number of amides is 3. The standard InChI is InChI=1S/C19H32N4O5/c1-11(2)10-13(18(26)23-9-5-7-15(23)19(27)28)21-16(24)14-6-4-8-22(14)17(25)12(3)20/h11-15H,4-10,20H2,1-3H3,(H,21,24)(H,27,28). The molecule has 3 amide bonds. The zero-order chi connectivity index (χ0) is 21.0. The van der Waals surface area contributed by atoms with Crippen molar-refractivity contribution in [3.63, 3.8) is 0 Å². The van der Waals surface area contributed by atoms with E-state index < -0.39 is 30.1 Å². The van der Waals surface area contributed by atoms with Gasteiger partial charge in [0.05, 0.1) is 6.04 Å². The summed E-state index contributed by atoms with van der Waals surface area (Å²) in [5, 5.41) is 12.2. The molecule has 4 unspecified atom stereocenters. The molecule has 4 atom stereocenters. The van der Waals surface area contributed by atoms with Gasteiger partial charge in [0.25, 0.3) is 0 Å². The minimum Gasteiger partial charge on any atom is -0.480 e. The second-order valence-electron chi connectivity index (χ2n) is 8.20. The Bertz CT molecular complexity index is 621. The van der Waals surface area contributed by atoms with Gasteiger partial charge in [-0.1, -0.05) is 13.8 Å². The Morgan fingerprint density at radius 3 is 2.04 bits per heavy atom. The molecule has 0 aliphatic carbocycles. The minimum absolute atomic E-state index is 0.130. The molecule has 0 bridgehead atoms. The highest BCUT2D eigenvalue weighted by atomic mass is 16.4. The van der Waals surface area contributed by atoms with E-state index >= 15 is 0 Å². The topological polar surface area (TPSA) is 133 Å². The van der Waals surface area contributed by atoms with Gasteiger partial charge in [0.1, 0.15) is 18.1 Å². The van der Waals surface area contributed by atoms with Crippen molar-refractivity contribution in [2.24, 2.45) is 11.7 Å². The number of hydrogen-bond donors (Lipinski definition) is 3. The van der Waals surface area contributed by atoms with E-state index in [0.29, 0.717) is 45.2 Å². The van der Waals surface area contributed by atoms with Gasteiger partial charge in [0.2, 0.25) is 17.7 Å². The Kier molecular flexibility index (Phi) is 7.40. The van der Waals surface area contributed by atoms with Crippen LogP contribution >= 0.6 is 0 Å². The summed E-state index contributed by atoms with van der Waals surface area (Å²) in [5.41, 5.74) is 5.68. The molecule has 9 heteroatoms. The second kappa shape index (κ2) is 9.36. The summed E-state index contributed by atoms with van der Waals surface area (Å²) >= 11 is 0. The van der Waals surface area contributed by atoms with Gasteiger partial charge in [-0.15, -0.1) is 0 Å². The van der Waals surface area contributed by atoms with Crippen LogP contribution in [-0.4, -0.2) is 75.9 Å². The quantitative estimate of drug-likeness (QED) is 0.552. The van der Waals surface area contributed by atoms with E-state index in [0.717, 1.165) is 0 Å². The van der Waals surface area contributed by atoms with Gasteiger partial charge in [0, 0.05) is 13.1 Å². The SMILES string of the molecule is CC(C)CC(NC(=O)C1CCCN1C(=O)C(C)N)C(=O)N1CCCC1C(=O)O. The number of nitrogens with two attached hydrogens (primary N) is 1. The van der Waals surface area contributed by atoms with Crippen LogP contribution in [0, 0.1) is 5.92 Å². The third kappa shape index (κ3) is 5.01. The van der Waals surface area contributed by atoms with Crippen molar-refractivity contribution >= 4 is 23.7 Å². The Morgan fingerprint density at radius 2 is 1.54 bits per heavy atom. The number of carboxylic acids is 1. The van der Waals surface area contributed by atoms with Gasteiger partial charge in [-0.25, -0.2) is 4.79 Å². The van der Waals surface area contributed by atoms with E-state index in [1.165, 1.54) is 9.80 Å². The molecule has 2 saturated heterocycles. The zero-order valence-electron chi connectivity index (χ0n) is 16.9. The highest BCUT2D eigenvalue weighted by Gasteiger charge is 2.40. The average molecular weight is 396 g/mol. The fourth-order valence-electron chi connectivity index (χ4n) is 4.01.